The Morgan fingerprint density at radius 2 is 0.487 bits per heavy atom. The van der Waals surface area contributed by atoms with E-state index in [0.29, 0.717) is 29.2 Å². The van der Waals surface area contributed by atoms with E-state index in [2.05, 4.69) is 161 Å². The second-order valence-electron chi connectivity index (χ2n) is 19.3. The standard InChI is InChI=1S/C71H47N9/c1-8-26-48(27-9-1)56-44-55(60-46-58(49-28-10-2-11-29-49)72-67(74-60)51-32-14-4-15-33-51)45-57(61-47-59(50-30-12-3-13-31-50)73-68(75-61)52-34-16-5-17-35-52)66(56)79-62-40-22-24-42-64(62)80(65-43-25-23-41-63(65)79)71-77-69(53-36-18-6-19-37-53)76-70(78-71)54-38-20-7-21-39-54/h1-47H. The van der Waals surface area contributed by atoms with Crippen molar-refractivity contribution in [3.05, 3.63) is 285 Å². The van der Waals surface area contributed by atoms with Crippen LogP contribution in [0.3, 0.4) is 0 Å². The van der Waals surface area contributed by atoms with Crippen LogP contribution < -0.4 is 9.80 Å². The molecule has 0 spiro atoms. The van der Waals surface area contributed by atoms with E-state index >= 15 is 0 Å². The summed E-state index contributed by atoms with van der Waals surface area (Å²) in [6.45, 7) is 0. The van der Waals surface area contributed by atoms with Crippen molar-refractivity contribution in [1.82, 2.24) is 34.9 Å². The summed E-state index contributed by atoms with van der Waals surface area (Å²) in [6.07, 6.45) is 0. The minimum Gasteiger partial charge on any atom is -0.305 e. The second-order valence-corrected chi connectivity index (χ2v) is 19.3. The minimum atomic E-state index is 0.485. The van der Waals surface area contributed by atoms with Crippen LogP contribution in [0.4, 0.5) is 34.4 Å². The molecule has 0 atom stereocenters. The van der Waals surface area contributed by atoms with Gasteiger partial charge in [0.2, 0.25) is 5.95 Å². The van der Waals surface area contributed by atoms with Crippen LogP contribution in [0.15, 0.2) is 285 Å². The average Bonchev–Trinajstić information content (AvgIpc) is 3.58. The van der Waals surface area contributed by atoms with E-state index in [1.807, 2.05) is 133 Å². The molecule has 0 bridgehead atoms. The first-order chi connectivity index (χ1) is 39.7. The van der Waals surface area contributed by atoms with Gasteiger partial charge in [0.1, 0.15) is 0 Å². The van der Waals surface area contributed by atoms with E-state index in [9.17, 15) is 0 Å². The van der Waals surface area contributed by atoms with Crippen molar-refractivity contribution in [1.29, 1.82) is 0 Å². The molecule has 9 heteroatoms. The van der Waals surface area contributed by atoms with Crippen LogP contribution in [0.5, 0.6) is 0 Å². The maximum Gasteiger partial charge on any atom is 0.238 e. The summed E-state index contributed by atoms with van der Waals surface area (Å²) in [5.41, 5.74) is 16.8. The monoisotopic (exact) mass is 1030 g/mol. The molecule has 9 nitrogen and oxygen atoms in total. The van der Waals surface area contributed by atoms with Crippen LogP contribution in [0, 0.1) is 0 Å². The number of benzene rings is 10. The van der Waals surface area contributed by atoms with Crippen molar-refractivity contribution in [3.8, 4) is 102 Å². The number of fused-ring (bicyclic) bond motifs is 2. The number of nitrogens with zero attached hydrogens (tertiary/aromatic N) is 9. The zero-order valence-corrected chi connectivity index (χ0v) is 43.2. The Kier molecular flexibility index (Phi) is 12.3. The van der Waals surface area contributed by atoms with Crippen LogP contribution >= 0.6 is 0 Å². The lowest BCUT2D eigenvalue weighted by Crippen LogP contribution is -2.26. The number of para-hydroxylation sites is 4. The molecule has 1 aliphatic rings. The molecular formula is C71H47N9. The summed E-state index contributed by atoms with van der Waals surface area (Å²) in [7, 11) is 0. The second kappa shape index (κ2) is 20.8. The first-order valence-electron chi connectivity index (χ1n) is 26.6. The highest BCUT2D eigenvalue weighted by molar-refractivity contribution is 6.07. The third-order valence-corrected chi connectivity index (χ3v) is 14.3. The molecule has 0 fully saturated rings. The fraction of sp³-hybridized carbons (Fsp3) is 0. The topological polar surface area (TPSA) is 96.7 Å². The van der Waals surface area contributed by atoms with E-state index in [1.54, 1.807) is 0 Å². The van der Waals surface area contributed by atoms with Crippen LogP contribution in [0.25, 0.3) is 102 Å². The minimum absolute atomic E-state index is 0.485. The van der Waals surface area contributed by atoms with Crippen LogP contribution in [0.2, 0.25) is 0 Å². The normalized spacial score (nSPS) is 11.7. The van der Waals surface area contributed by atoms with Gasteiger partial charge in [0.05, 0.1) is 51.2 Å². The highest BCUT2D eigenvalue weighted by Gasteiger charge is 2.35. The summed E-state index contributed by atoms with van der Waals surface area (Å²) in [5, 5.41) is 0. The van der Waals surface area contributed by atoms with E-state index in [-0.39, 0.29) is 0 Å². The zero-order chi connectivity index (χ0) is 53.2. The van der Waals surface area contributed by atoms with Crippen molar-refractivity contribution in [2.45, 2.75) is 0 Å². The lowest BCUT2D eigenvalue weighted by molar-refractivity contribution is 1.01. The van der Waals surface area contributed by atoms with Gasteiger partial charge in [0.15, 0.2) is 23.3 Å². The van der Waals surface area contributed by atoms with Crippen molar-refractivity contribution in [2.24, 2.45) is 0 Å². The number of rotatable bonds is 11. The van der Waals surface area contributed by atoms with Gasteiger partial charge in [-0.1, -0.05) is 237 Å². The van der Waals surface area contributed by atoms with Gasteiger partial charge >= 0.3 is 0 Å². The van der Waals surface area contributed by atoms with E-state index in [1.165, 1.54) is 0 Å². The Morgan fingerprint density at radius 3 is 0.887 bits per heavy atom. The molecule has 376 valence electrons. The molecule has 0 radical (unpaired) electrons. The van der Waals surface area contributed by atoms with E-state index in [4.69, 9.17) is 34.9 Å². The Hall–Kier alpha value is -11.0. The number of hydrogen-bond donors (Lipinski definition) is 0. The van der Waals surface area contributed by atoms with E-state index in [0.717, 1.165) is 107 Å². The molecule has 13 aromatic rings. The molecule has 0 amide bonds. The van der Waals surface area contributed by atoms with Gasteiger partial charge in [-0.05, 0) is 54.1 Å². The summed E-state index contributed by atoms with van der Waals surface area (Å²) >= 11 is 0. The van der Waals surface area contributed by atoms with Crippen molar-refractivity contribution in [2.75, 3.05) is 9.80 Å². The van der Waals surface area contributed by atoms with Crippen molar-refractivity contribution in [3.63, 3.8) is 0 Å². The molecule has 0 N–H and O–H groups in total. The maximum atomic E-state index is 5.60. The quantitative estimate of drug-likeness (QED) is 0.125. The highest BCUT2D eigenvalue weighted by atomic mass is 15.3. The molecule has 3 aromatic heterocycles. The molecule has 80 heavy (non-hydrogen) atoms. The van der Waals surface area contributed by atoms with Gasteiger partial charge < -0.3 is 4.90 Å². The van der Waals surface area contributed by atoms with Gasteiger partial charge in [-0.25, -0.2) is 24.9 Å². The Balaban J connectivity index is 1.07. The maximum absolute atomic E-state index is 5.60. The molecule has 4 heterocycles. The molecule has 0 saturated carbocycles. The number of aromatic nitrogens is 7. The molecule has 0 unspecified atom stereocenters. The molecule has 0 saturated heterocycles. The number of anilines is 6. The lowest BCUT2D eigenvalue weighted by Gasteiger charge is -2.40. The van der Waals surface area contributed by atoms with Crippen molar-refractivity contribution >= 4 is 34.4 Å². The fourth-order valence-electron chi connectivity index (χ4n) is 10.5. The molecule has 1 aliphatic heterocycles. The Bertz CT molecular complexity index is 4120. The molecular weight excluding hydrogens is 979 g/mol. The molecule has 14 rings (SSSR count). The lowest BCUT2D eigenvalue weighted by atomic mass is 9.91. The predicted molar refractivity (Wildman–Crippen MR) is 323 cm³/mol. The van der Waals surface area contributed by atoms with Gasteiger partial charge in [0.25, 0.3) is 0 Å². The highest BCUT2D eigenvalue weighted by Crippen LogP contribution is 2.57. The third kappa shape index (κ3) is 9.10. The largest absolute Gasteiger partial charge is 0.305 e. The summed E-state index contributed by atoms with van der Waals surface area (Å²) in [5.74, 6) is 2.84. The van der Waals surface area contributed by atoms with Gasteiger partial charge in [-0.3, -0.25) is 4.90 Å². The Labute approximate surface area is 463 Å². The van der Waals surface area contributed by atoms with Crippen LogP contribution in [-0.4, -0.2) is 34.9 Å². The first kappa shape index (κ1) is 47.4. The summed E-state index contributed by atoms with van der Waals surface area (Å²) in [4.78, 5) is 41.8. The first-order valence-corrected chi connectivity index (χ1v) is 26.6. The molecule has 0 aliphatic carbocycles. The average molecular weight is 1030 g/mol. The third-order valence-electron chi connectivity index (χ3n) is 14.3. The predicted octanol–water partition coefficient (Wildman–Crippen LogP) is 17.7. The summed E-state index contributed by atoms with van der Waals surface area (Å²) < 4.78 is 0. The summed E-state index contributed by atoms with van der Waals surface area (Å²) in [6, 6.07) is 97.6. The van der Waals surface area contributed by atoms with Gasteiger partial charge in [0, 0.05) is 50.1 Å². The molecule has 10 aromatic carbocycles. The Morgan fingerprint density at radius 1 is 0.200 bits per heavy atom. The van der Waals surface area contributed by atoms with Crippen molar-refractivity contribution < 1.29 is 0 Å². The zero-order valence-electron chi connectivity index (χ0n) is 43.2. The van der Waals surface area contributed by atoms with Gasteiger partial charge in [-0.15, -0.1) is 0 Å². The number of hydrogen-bond acceptors (Lipinski definition) is 9. The smallest absolute Gasteiger partial charge is 0.238 e. The fourth-order valence-corrected chi connectivity index (χ4v) is 10.5. The van der Waals surface area contributed by atoms with Gasteiger partial charge in [-0.2, -0.15) is 9.97 Å². The van der Waals surface area contributed by atoms with Crippen LogP contribution in [0.1, 0.15) is 0 Å². The SMILES string of the molecule is c1ccc(-c2cc(-c3cc(-c4ccccc4)c(N4c5ccccc5N(c5nc(-c6ccccc6)nc(-c6ccccc6)n5)c5ccccc54)c(-c4cc(-c5ccccc5)nc(-c5ccccc5)n4)c3)nc(-c3ccccc3)n2)cc1. The van der Waals surface area contributed by atoms with E-state index < -0.39 is 0 Å². The van der Waals surface area contributed by atoms with Crippen LogP contribution in [-0.2, 0) is 0 Å².